The van der Waals surface area contributed by atoms with Gasteiger partial charge in [0.25, 0.3) is 0 Å². The van der Waals surface area contributed by atoms with Crippen molar-refractivity contribution in [2.75, 3.05) is 6.54 Å². The Kier molecular flexibility index (Phi) is 4.67. The van der Waals surface area contributed by atoms with Gasteiger partial charge in [0.05, 0.1) is 0 Å². The van der Waals surface area contributed by atoms with E-state index in [0.717, 1.165) is 31.7 Å². The van der Waals surface area contributed by atoms with Crippen LogP contribution in [0.5, 0.6) is 0 Å². The molecule has 28 heavy (non-hydrogen) atoms. The van der Waals surface area contributed by atoms with E-state index in [1.807, 2.05) is 0 Å². The molecule has 0 bridgehead atoms. The first kappa shape index (κ1) is 20.8. The third-order valence-electron chi connectivity index (χ3n) is 9.97. The number of aliphatic hydroxyl groups is 1. The van der Waals surface area contributed by atoms with Crippen molar-refractivity contribution in [3.8, 4) is 0 Å². The van der Waals surface area contributed by atoms with Crippen LogP contribution in [0.15, 0.2) is 0 Å². The maximum absolute atomic E-state index is 12.6. The lowest BCUT2D eigenvalue weighted by atomic mass is 9.38. The largest absolute Gasteiger partial charge is 0.399 e. The molecule has 0 aromatic heterocycles. The first-order valence-electron chi connectivity index (χ1n) is 11.9. The van der Waals surface area contributed by atoms with Gasteiger partial charge in [-0.1, -0.05) is 33.0 Å². The molecule has 0 spiro atoms. The number of carbonyl (C=O) groups excluding carboxylic acids is 1. The highest BCUT2D eigenvalue weighted by Gasteiger charge is 2.67. The van der Waals surface area contributed by atoms with Gasteiger partial charge in [0, 0.05) is 24.5 Å². The number of nitrogens with zero attached hydrogens (tertiary/aromatic N) is 1. The molecule has 0 radical (unpaired) electrons. The fraction of sp³-hybridized carbons (Fsp3) is 0.957. The Morgan fingerprint density at radius 3 is 2.46 bits per heavy atom. The van der Waals surface area contributed by atoms with Gasteiger partial charge in [0.15, 0.2) is 0 Å². The van der Waals surface area contributed by atoms with E-state index in [0.29, 0.717) is 41.4 Å². The monoisotopic (exact) mass is 385 g/mol. The van der Waals surface area contributed by atoms with E-state index >= 15 is 0 Å². The summed E-state index contributed by atoms with van der Waals surface area (Å²) in [5, 5.41) is 12.3. The molecule has 0 aromatic carbocycles. The van der Waals surface area contributed by atoms with Crippen LogP contribution in [-0.4, -0.2) is 49.7 Å². The maximum atomic E-state index is 12.6. The molecule has 5 unspecified atom stereocenters. The average molecular weight is 385 g/mol. The first-order valence-corrected chi connectivity index (χ1v) is 11.9. The number of fused-ring (bicyclic) bond motifs is 5. The minimum atomic E-state index is -0.642. The molecule has 0 aromatic rings. The molecule has 1 aliphatic heterocycles. The summed E-state index contributed by atoms with van der Waals surface area (Å²) in [6.07, 6.45) is 7.48. The Balaban J connectivity index is 1.74. The average Bonchev–Trinajstić information content (AvgIpc) is 2.90. The summed E-state index contributed by atoms with van der Waals surface area (Å²) in [5.41, 5.74) is -0.352. The van der Waals surface area contributed by atoms with Gasteiger partial charge in [-0.05, 0) is 80.0 Å². The lowest BCUT2D eigenvalue weighted by Gasteiger charge is -2.67. The van der Waals surface area contributed by atoms with Crippen LogP contribution in [0.25, 0.3) is 0 Å². The molecule has 1 saturated heterocycles. The fourth-order valence-corrected chi connectivity index (χ4v) is 9.60. The number of amides is 1. The second-order valence-corrected chi connectivity index (χ2v) is 12.6. The van der Waals surface area contributed by atoms with E-state index in [-0.39, 0.29) is 10.8 Å². The first-order chi connectivity index (χ1) is 12.9. The Labute approximate surface area is 174 Å². The maximum Gasteiger partial charge on any atom is 0.222 e. The number of piperidine rings is 1. The molecule has 3 nitrogen and oxygen atoms in total. The zero-order valence-electron chi connectivity index (χ0n) is 19.3. The predicted octanol–water partition coefficient (Wildman–Crippen LogP) is 2.62. The van der Waals surface area contributed by atoms with Crippen molar-refractivity contribution in [3.63, 3.8) is 0 Å². The Morgan fingerprint density at radius 1 is 1.18 bits per heavy atom. The second-order valence-electron chi connectivity index (χ2n) is 12.6. The molecule has 4 fully saturated rings. The van der Waals surface area contributed by atoms with E-state index in [4.69, 9.17) is 0 Å². The topological polar surface area (TPSA) is 40.5 Å². The van der Waals surface area contributed by atoms with Gasteiger partial charge in [-0.25, -0.2) is 0 Å². The molecule has 3 saturated carbocycles. The summed E-state index contributed by atoms with van der Waals surface area (Å²) in [4.78, 5) is 14.7. The van der Waals surface area contributed by atoms with E-state index in [1.165, 1.54) is 19.3 Å². The van der Waals surface area contributed by atoms with Crippen molar-refractivity contribution >= 4 is 21.6 Å². The van der Waals surface area contributed by atoms with Crippen LogP contribution in [0.4, 0.5) is 0 Å². The number of likely N-dealkylation sites (tertiary alicyclic amines) is 1. The highest BCUT2D eigenvalue weighted by molar-refractivity contribution is 6.15. The van der Waals surface area contributed by atoms with Crippen LogP contribution in [0, 0.1) is 34.5 Å². The molecule has 156 valence electrons. The van der Waals surface area contributed by atoms with E-state index in [2.05, 4.69) is 55.2 Å². The fourth-order valence-electron chi connectivity index (χ4n) is 9.60. The smallest absolute Gasteiger partial charge is 0.222 e. The van der Waals surface area contributed by atoms with Crippen LogP contribution in [-0.2, 0) is 4.79 Å². The number of rotatable bonds is 2. The van der Waals surface area contributed by atoms with E-state index in [9.17, 15) is 9.90 Å². The third kappa shape index (κ3) is 2.70. The highest BCUT2D eigenvalue weighted by atomic mass is 16.3. The molecule has 5 heteroatoms. The molecule has 4 rings (SSSR count). The van der Waals surface area contributed by atoms with Gasteiger partial charge in [0.2, 0.25) is 5.91 Å². The van der Waals surface area contributed by atoms with Crippen molar-refractivity contribution in [1.29, 1.82) is 0 Å². The summed E-state index contributed by atoms with van der Waals surface area (Å²) in [7, 11) is 4.54. The zero-order chi connectivity index (χ0) is 20.7. The Hall–Kier alpha value is -0.440. The predicted molar refractivity (Wildman–Crippen MR) is 120 cm³/mol. The molecule has 3 aliphatic carbocycles. The van der Waals surface area contributed by atoms with Crippen molar-refractivity contribution in [3.05, 3.63) is 0 Å². The molecule has 4 aliphatic rings. The molecule has 1 heterocycles. The van der Waals surface area contributed by atoms with Crippen molar-refractivity contribution in [1.82, 2.24) is 4.90 Å². The summed E-state index contributed by atoms with van der Waals surface area (Å²) in [6, 6.07) is 0.315. The van der Waals surface area contributed by atoms with Crippen molar-refractivity contribution < 1.29 is 9.90 Å². The minimum Gasteiger partial charge on any atom is -0.399 e. The van der Waals surface area contributed by atoms with Crippen LogP contribution >= 0.6 is 0 Å². The van der Waals surface area contributed by atoms with Gasteiger partial charge in [-0.15, -0.1) is 0 Å². The van der Waals surface area contributed by atoms with E-state index in [1.54, 1.807) is 0 Å². The Morgan fingerprint density at radius 2 is 1.86 bits per heavy atom. The highest BCUT2D eigenvalue weighted by Crippen LogP contribution is 2.70. The standard InChI is InChI=1S/C23H41B2NO2/c1-6-26-17-10-7-14-15-8-9-16(20(2,3)24)22(15,5)13-23(25,28)19(14)21(17,4)12-11-18(26)27/h14-17,19,28H,6-13,24-25H2,1-5H3/t14?,15?,16?,17?,19?,21-,22-,23-/m0/s1. The second kappa shape index (κ2) is 6.28. The van der Waals surface area contributed by atoms with Crippen LogP contribution in [0.3, 0.4) is 0 Å². The van der Waals surface area contributed by atoms with Gasteiger partial charge >= 0.3 is 0 Å². The molecular weight excluding hydrogens is 344 g/mol. The van der Waals surface area contributed by atoms with Crippen LogP contribution in [0.1, 0.15) is 79.6 Å². The van der Waals surface area contributed by atoms with Crippen LogP contribution in [0.2, 0.25) is 5.31 Å². The molecule has 8 atom stereocenters. The minimum absolute atomic E-state index is 0.0531. The SMILES string of the molecule is BC(C)(C)C1CCC2C3CCC4N(CC)C(=O)CC[C@]4(C)C3[C@@](B)(O)C[C@@]21C. The van der Waals surface area contributed by atoms with E-state index < -0.39 is 5.50 Å². The summed E-state index contributed by atoms with van der Waals surface area (Å²) < 4.78 is 0. The molecule has 1 amide bonds. The summed E-state index contributed by atoms with van der Waals surface area (Å²) >= 11 is 0. The van der Waals surface area contributed by atoms with Gasteiger partial charge in [0.1, 0.15) is 15.7 Å². The van der Waals surface area contributed by atoms with Gasteiger partial charge in [-0.3, -0.25) is 4.79 Å². The lowest BCUT2D eigenvalue weighted by Crippen LogP contribution is -2.69. The number of carbonyl (C=O) groups is 1. The Bertz CT molecular complexity index is 659. The quantitative estimate of drug-likeness (QED) is 0.743. The number of hydrogen-bond acceptors (Lipinski definition) is 2. The third-order valence-corrected chi connectivity index (χ3v) is 9.97. The molecular formula is C23H41B2NO2. The van der Waals surface area contributed by atoms with Crippen LogP contribution < -0.4 is 0 Å². The van der Waals surface area contributed by atoms with Crippen molar-refractivity contribution in [2.45, 2.75) is 96.4 Å². The lowest BCUT2D eigenvalue weighted by molar-refractivity contribution is -0.198. The van der Waals surface area contributed by atoms with Crippen molar-refractivity contribution in [2.24, 2.45) is 34.5 Å². The normalized spacial score (nSPS) is 51.4. The van der Waals surface area contributed by atoms with Gasteiger partial charge < -0.3 is 10.0 Å². The summed E-state index contributed by atoms with van der Waals surface area (Å²) in [5.74, 6) is 2.67. The summed E-state index contributed by atoms with van der Waals surface area (Å²) in [6.45, 7) is 12.6. The van der Waals surface area contributed by atoms with Gasteiger partial charge in [-0.2, -0.15) is 0 Å². The zero-order valence-corrected chi connectivity index (χ0v) is 19.3. The number of hydrogen-bond donors (Lipinski definition) is 1. The molecule has 1 N–H and O–H groups in total.